The first-order valence-corrected chi connectivity index (χ1v) is 6.64. The Labute approximate surface area is 111 Å². The number of aromatic nitrogens is 2. The lowest BCUT2D eigenvalue weighted by atomic mass is 10.1. The molecule has 6 nitrogen and oxygen atoms in total. The molecule has 1 aromatic heterocycles. The lowest BCUT2D eigenvalue weighted by molar-refractivity contribution is -0.135. The van der Waals surface area contributed by atoms with E-state index in [0.717, 1.165) is 25.7 Å². The Kier molecular flexibility index (Phi) is 4.68. The van der Waals surface area contributed by atoms with Crippen LogP contribution in [0.15, 0.2) is 23.3 Å². The third-order valence-electron chi connectivity index (χ3n) is 3.50. The second-order valence-electron chi connectivity index (χ2n) is 4.80. The van der Waals surface area contributed by atoms with Crippen LogP contribution in [0.5, 0.6) is 0 Å². The number of hydrogen-bond donors (Lipinski definition) is 1. The average molecular weight is 265 g/mol. The molecule has 2 heterocycles. The minimum atomic E-state index is -0.425. The highest BCUT2D eigenvalue weighted by atomic mass is 16.3. The third-order valence-corrected chi connectivity index (χ3v) is 3.50. The lowest BCUT2D eigenvalue weighted by Crippen LogP contribution is -2.44. The van der Waals surface area contributed by atoms with Crippen molar-refractivity contribution >= 4 is 5.91 Å². The molecule has 1 aliphatic rings. The van der Waals surface area contributed by atoms with Crippen molar-refractivity contribution in [3.63, 3.8) is 0 Å². The Morgan fingerprint density at radius 1 is 1.42 bits per heavy atom. The number of rotatable bonds is 3. The molecule has 0 bridgehead atoms. The Morgan fingerprint density at radius 2 is 2.26 bits per heavy atom. The van der Waals surface area contributed by atoms with Gasteiger partial charge in [0.2, 0.25) is 5.91 Å². The fraction of sp³-hybridized carbons (Fsp3) is 0.615. The van der Waals surface area contributed by atoms with E-state index in [1.165, 1.54) is 10.8 Å². The van der Waals surface area contributed by atoms with Crippen molar-refractivity contribution in [1.82, 2.24) is 14.5 Å². The smallest absolute Gasteiger partial charge is 0.347 e. The summed E-state index contributed by atoms with van der Waals surface area (Å²) in [7, 11) is 0. The summed E-state index contributed by atoms with van der Waals surface area (Å²) in [5.41, 5.74) is -0.425. The van der Waals surface area contributed by atoms with E-state index in [2.05, 4.69) is 4.98 Å². The fourth-order valence-corrected chi connectivity index (χ4v) is 2.44. The van der Waals surface area contributed by atoms with Crippen LogP contribution in [0.25, 0.3) is 0 Å². The SMILES string of the molecule is O=C(Cn1cccnc1=O)N1CCCCCC1CO. The van der Waals surface area contributed by atoms with Gasteiger partial charge in [-0.25, -0.2) is 9.78 Å². The molecular formula is C13H19N3O3. The number of carbonyl (C=O) groups excluding carboxylic acids is 1. The number of aliphatic hydroxyl groups is 1. The molecule has 1 aromatic rings. The van der Waals surface area contributed by atoms with Crippen molar-refractivity contribution in [2.45, 2.75) is 38.3 Å². The van der Waals surface area contributed by atoms with Crippen molar-refractivity contribution in [3.05, 3.63) is 28.9 Å². The number of nitrogens with zero attached hydrogens (tertiary/aromatic N) is 3. The van der Waals surface area contributed by atoms with Gasteiger partial charge in [0, 0.05) is 18.9 Å². The molecule has 2 rings (SSSR count). The van der Waals surface area contributed by atoms with Gasteiger partial charge in [0.05, 0.1) is 12.6 Å². The average Bonchev–Trinajstić information content (AvgIpc) is 2.66. The van der Waals surface area contributed by atoms with E-state index >= 15 is 0 Å². The van der Waals surface area contributed by atoms with Gasteiger partial charge in [-0.15, -0.1) is 0 Å². The summed E-state index contributed by atoms with van der Waals surface area (Å²) in [5.74, 6) is -0.129. The normalized spacial score (nSPS) is 20.1. The first-order valence-electron chi connectivity index (χ1n) is 6.64. The Morgan fingerprint density at radius 3 is 3.00 bits per heavy atom. The number of hydrogen-bond acceptors (Lipinski definition) is 4. The van der Waals surface area contributed by atoms with Crippen LogP contribution in [0.4, 0.5) is 0 Å². The zero-order chi connectivity index (χ0) is 13.7. The van der Waals surface area contributed by atoms with E-state index in [-0.39, 0.29) is 25.1 Å². The monoisotopic (exact) mass is 265 g/mol. The second-order valence-corrected chi connectivity index (χ2v) is 4.80. The molecule has 0 radical (unpaired) electrons. The quantitative estimate of drug-likeness (QED) is 0.835. The van der Waals surface area contributed by atoms with Gasteiger partial charge in [-0.05, 0) is 18.9 Å². The van der Waals surface area contributed by atoms with Gasteiger partial charge in [-0.1, -0.05) is 12.8 Å². The molecule has 6 heteroatoms. The first-order chi connectivity index (χ1) is 9.22. The van der Waals surface area contributed by atoms with Crippen LogP contribution in [0.3, 0.4) is 0 Å². The zero-order valence-corrected chi connectivity index (χ0v) is 10.9. The highest BCUT2D eigenvalue weighted by Gasteiger charge is 2.24. The standard InChI is InChI=1S/C13H19N3O3/c17-10-11-5-2-1-3-8-16(11)12(18)9-15-7-4-6-14-13(15)19/h4,6-7,11,17H,1-3,5,8-10H2. The van der Waals surface area contributed by atoms with Gasteiger partial charge in [-0.2, -0.15) is 0 Å². The molecule has 1 saturated heterocycles. The minimum Gasteiger partial charge on any atom is -0.394 e. The van der Waals surface area contributed by atoms with Crippen LogP contribution in [0.2, 0.25) is 0 Å². The van der Waals surface area contributed by atoms with Crippen LogP contribution in [-0.2, 0) is 11.3 Å². The predicted octanol–water partition coefficient (Wildman–Crippen LogP) is 0.00680. The van der Waals surface area contributed by atoms with Crippen molar-refractivity contribution in [3.8, 4) is 0 Å². The molecule has 0 spiro atoms. The molecular weight excluding hydrogens is 246 g/mol. The summed E-state index contributed by atoms with van der Waals surface area (Å²) >= 11 is 0. The van der Waals surface area contributed by atoms with E-state index in [9.17, 15) is 14.7 Å². The van der Waals surface area contributed by atoms with Crippen LogP contribution < -0.4 is 5.69 Å². The molecule has 0 aliphatic carbocycles. The molecule has 0 aromatic carbocycles. The Balaban J connectivity index is 2.09. The van der Waals surface area contributed by atoms with Crippen LogP contribution in [-0.4, -0.2) is 44.7 Å². The van der Waals surface area contributed by atoms with E-state index in [1.54, 1.807) is 17.2 Å². The third kappa shape index (κ3) is 3.41. The highest BCUT2D eigenvalue weighted by molar-refractivity contribution is 5.76. The summed E-state index contributed by atoms with van der Waals surface area (Å²) in [6.45, 7) is 0.621. The summed E-state index contributed by atoms with van der Waals surface area (Å²) in [4.78, 5) is 29.1. The Bertz CT molecular complexity index is 486. The molecule has 1 unspecified atom stereocenters. The van der Waals surface area contributed by atoms with Gasteiger partial charge >= 0.3 is 5.69 Å². The maximum atomic E-state index is 12.3. The maximum Gasteiger partial charge on any atom is 0.347 e. The molecule has 0 saturated carbocycles. The number of aliphatic hydroxyl groups excluding tert-OH is 1. The zero-order valence-electron chi connectivity index (χ0n) is 10.9. The topological polar surface area (TPSA) is 75.4 Å². The van der Waals surface area contributed by atoms with Gasteiger partial charge in [0.1, 0.15) is 6.54 Å². The van der Waals surface area contributed by atoms with Crippen molar-refractivity contribution in [1.29, 1.82) is 0 Å². The van der Waals surface area contributed by atoms with Crippen molar-refractivity contribution in [2.24, 2.45) is 0 Å². The van der Waals surface area contributed by atoms with Gasteiger partial charge in [-0.3, -0.25) is 9.36 Å². The van der Waals surface area contributed by atoms with Crippen LogP contribution in [0, 0.1) is 0 Å². The maximum absolute atomic E-state index is 12.3. The Hall–Kier alpha value is -1.69. The summed E-state index contributed by atoms with van der Waals surface area (Å²) in [5, 5.41) is 9.38. The van der Waals surface area contributed by atoms with E-state index < -0.39 is 5.69 Å². The molecule has 1 N–H and O–H groups in total. The number of carbonyl (C=O) groups is 1. The second kappa shape index (κ2) is 6.47. The van der Waals surface area contributed by atoms with Gasteiger partial charge in [0.15, 0.2) is 0 Å². The highest BCUT2D eigenvalue weighted by Crippen LogP contribution is 2.16. The molecule has 1 fully saturated rings. The summed E-state index contributed by atoms with van der Waals surface area (Å²) in [6.07, 6.45) is 6.84. The predicted molar refractivity (Wildman–Crippen MR) is 69.6 cm³/mol. The lowest BCUT2D eigenvalue weighted by Gasteiger charge is -2.28. The molecule has 19 heavy (non-hydrogen) atoms. The largest absolute Gasteiger partial charge is 0.394 e. The van der Waals surface area contributed by atoms with Gasteiger partial charge < -0.3 is 10.0 Å². The van der Waals surface area contributed by atoms with Gasteiger partial charge in [0.25, 0.3) is 0 Å². The summed E-state index contributed by atoms with van der Waals surface area (Å²) < 4.78 is 1.29. The minimum absolute atomic E-state index is 0.0107. The van der Waals surface area contributed by atoms with E-state index in [4.69, 9.17) is 0 Å². The van der Waals surface area contributed by atoms with Crippen molar-refractivity contribution < 1.29 is 9.90 Å². The van der Waals surface area contributed by atoms with Crippen molar-refractivity contribution in [2.75, 3.05) is 13.2 Å². The van der Waals surface area contributed by atoms with E-state index in [0.29, 0.717) is 6.54 Å². The number of amides is 1. The molecule has 1 aliphatic heterocycles. The first kappa shape index (κ1) is 13.7. The van der Waals surface area contributed by atoms with Crippen LogP contribution >= 0.6 is 0 Å². The summed E-state index contributed by atoms with van der Waals surface area (Å²) in [6, 6.07) is 1.50. The number of likely N-dealkylation sites (tertiary alicyclic amines) is 1. The molecule has 1 amide bonds. The van der Waals surface area contributed by atoms with Crippen LogP contribution in [0.1, 0.15) is 25.7 Å². The fourth-order valence-electron chi connectivity index (χ4n) is 2.44. The molecule has 104 valence electrons. The molecule has 1 atom stereocenters. The van der Waals surface area contributed by atoms with E-state index in [1.807, 2.05) is 0 Å².